The third-order valence-corrected chi connectivity index (χ3v) is 3.57. The Morgan fingerprint density at radius 1 is 1.39 bits per heavy atom. The van der Waals surface area contributed by atoms with Crippen LogP contribution in [0.1, 0.15) is 19.4 Å². The summed E-state index contributed by atoms with van der Waals surface area (Å²) < 4.78 is 2.24. The van der Waals surface area contributed by atoms with Gasteiger partial charge in [0.1, 0.15) is 6.04 Å². The molecule has 18 heavy (non-hydrogen) atoms. The van der Waals surface area contributed by atoms with Crippen LogP contribution in [0.2, 0.25) is 0 Å². The van der Waals surface area contributed by atoms with Crippen molar-refractivity contribution < 1.29 is 4.79 Å². The predicted octanol–water partition coefficient (Wildman–Crippen LogP) is 2.20. The van der Waals surface area contributed by atoms with Crippen LogP contribution in [0.15, 0.2) is 39.6 Å². The van der Waals surface area contributed by atoms with Gasteiger partial charge in [-0.15, -0.1) is 0 Å². The third kappa shape index (κ3) is 2.06. The summed E-state index contributed by atoms with van der Waals surface area (Å²) in [6.45, 7) is 1.83. The first-order valence-electron chi connectivity index (χ1n) is 5.65. The minimum absolute atomic E-state index is 0.222. The molecular formula is C13H13BrN2O2. The molecule has 1 unspecified atom stereocenters. The molecule has 94 valence electrons. The van der Waals surface area contributed by atoms with E-state index >= 15 is 0 Å². The van der Waals surface area contributed by atoms with Crippen LogP contribution in [-0.2, 0) is 4.79 Å². The summed E-state index contributed by atoms with van der Waals surface area (Å²) in [5, 5.41) is 0.892. The van der Waals surface area contributed by atoms with Crippen molar-refractivity contribution in [3.8, 4) is 0 Å². The van der Waals surface area contributed by atoms with Crippen LogP contribution in [0, 0.1) is 0 Å². The maximum atomic E-state index is 12.0. The minimum Gasteiger partial charge on any atom is -0.368 e. The van der Waals surface area contributed by atoms with Gasteiger partial charge in [0.25, 0.3) is 5.56 Å². The number of nitrogens with two attached hydrogens (primary N) is 1. The molecule has 4 nitrogen and oxygen atoms in total. The fraction of sp³-hybridized carbons (Fsp3) is 0.231. The Kier molecular flexibility index (Phi) is 3.52. The minimum atomic E-state index is -0.625. The van der Waals surface area contributed by atoms with E-state index in [0.717, 1.165) is 9.86 Å². The molecule has 0 bridgehead atoms. The highest BCUT2D eigenvalue weighted by atomic mass is 79.9. The molecule has 0 fully saturated rings. The molecule has 0 aliphatic heterocycles. The molecule has 2 aromatic rings. The van der Waals surface area contributed by atoms with Crippen molar-refractivity contribution in [2.45, 2.75) is 19.4 Å². The number of hydrogen-bond acceptors (Lipinski definition) is 2. The maximum Gasteiger partial charge on any atom is 0.251 e. The van der Waals surface area contributed by atoms with Crippen LogP contribution < -0.4 is 11.3 Å². The molecule has 2 rings (SSSR count). The molecule has 0 spiro atoms. The third-order valence-electron chi connectivity index (χ3n) is 2.93. The number of halogens is 1. The largest absolute Gasteiger partial charge is 0.368 e. The van der Waals surface area contributed by atoms with E-state index < -0.39 is 11.9 Å². The number of primary amides is 1. The Morgan fingerprint density at radius 2 is 2.11 bits per heavy atom. The second-order valence-electron chi connectivity index (χ2n) is 4.05. The molecule has 2 N–H and O–H groups in total. The zero-order valence-electron chi connectivity index (χ0n) is 9.89. The molecule has 1 aromatic carbocycles. The van der Waals surface area contributed by atoms with Gasteiger partial charge < -0.3 is 5.73 Å². The molecule has 0 aliphatic carbocycles. The number of pyridine rings is 1. The summed E-state index contributed by atoms with van der Waals surface area (Å²) in [7, 11) is 0. The molecule has 0 saturated carbocycles. The van der Waals surface area contributed by atoms with E-state index in [9.17, 15) is 9.59 Å². The number of benzene rings is 1. The SMILES string of the molecule is CCC(C(N)=O)n1c(=O)ccc2cccc(Br)c21. The molecule has 1 aromatic heterocycles. The number of para-hydroxylation sites is 1. The number of carbonyl (C=O) groups is 1. The summed E-state index contributed by atoms with van der Waals surface area (Å²) in [6.07, 6.45) is 0.482. The van der Waals surface area contributed by atoms with E-state index in [2.05, 4.69) is 15.9 Å². The number of fused-ring (bicyclic) bond motifs is 1. The maximum absolute atomic E-state index is 12.0. The zero-order valence-corrected chi connectivity index (χ0v) is 11.5. The summed E-state index contributed by atoms with van der Waals surface area (Å²) in [5.74, 6) is -0.497. The average molecular weight is 309 g/mol. The Balaban J connectivity index is 2.87. The van der Waals surface area contributed by atoms with Crippen LogP contribution in [0.5, 0.6) is 0 Å². The van der Waals surface area contributed by atoms with Gasteiger partial charge in [0.2, 0.25) is 5.91 Å². The Morgan fingerprint density at radius 3 is 2.72 bits per heavy atom. The van der Waals surface area contributed by atoms with Crippen LogP contribution in [-0.4, -0.2) is 10.5 Å². The monoisotopic (exact) mass is 308 g/mol. The van der Waals surface area contributed by atoms with Gasteiger partial charge in [-0.05, 0) is 39.9 Å². The molecule has 0 radical (unpaired) electrons. The van der Waals surface area contributed by atoms with Crippen molar-refractivity contribution in [2.24, 2.45) is 5.73 Å². The predicted molar refractivity (Wildman–Crippen MR) is 74.4 cm³/mol. The van der Waals surface area contributed by atoms with Crippen molar-refractivity contribution in [2.75, 3.05) is 0 Å². The summed E-state index contributed by atoms with van der Waals surface area (Å²) >= 11 is 3.42. The number of nitrogens with zero attached hydrogens (tertiary/aromatic N) is 1. The lowest BCUT2D eigenvalue weighted by atomic mass is 10.1. The van der Waals surface area contributed by atoms with E-state index in [1.54, 1.807) is 6.07 Å². The molecule has 5 heteroatoms. The molecular weight excluding hydrogens is 296 g/mol. The number of rotatable bonds is 3. The molecule has 0 saturated heterocycles. The van der Waals surface area contributed by atoms with Gasteiger partial charge in [0.15, 0.2) is 0 Å². The number of amides is 1. The fourth-order valence-corrected chi connectivity index (χ4v) is 2.67. The Bertz CT molecular complexity index is 664. The summed E-state index contributed by atoms with van der Waals surface area (Å²) in [4.78, 5) is 23.5. The van der Waals surface area contributed by atoms with E-state index in [4.69, 9.17) is 5.73 Å². The first-order chi connectivity index (χ1) is 8.56. The van der Waals surface area contributed by atoms with Gasteiger partial charge >= 0.3 is 0 Å². The van der Waals surface area contributed by atoms with Crippen LogP contribution in [0.4, 0.5) is 0 Å². The first kappa shape index (κ1) is 12.8. The highest BCUT2D eigenvalue weighted by molar-refractivity contribution is 9.10. The lowest BCUT2D eigenvalue weighted by Gasteiger charge is -2.18. The van der Waals surface area contributed by atoms with E-state index in [0.29, 0.717) is 11.9 Å². The topological polar surface area (TPSA) is 65.1 Å². The van der Waals surface area contributed by atoms with Gasteiger partial charge in [-0.1, -0.05) is 19.1 Å². The zero-order chi connectivity index (χ0) is 13.3. The van der Waals surface area contributed by atoms with Gasteiger partial charge in [0, 0.05) is 10.5 Å². The molecule has 1 atom stereocenters. The van der Waals surface area contributed by atoms with Gasteiger partial charge in [-0.2, -0.15) is 0 Å². The second kappa shape index (κ2) is 4.94. The van der Waals surface area contributed by atoms with Gasteiger partial charge in [-0.3, -0.25) is 14.2 Å². The van der Waals surface area contributed by atoms with E-state index in [1.165, 1.54) is 10.6 Å². The van der Waals surface area contributed by atoms with Crippen LogP contribution in [0.3, 0.4) is 0 Å². The van der Waals surface area contributed by atoms with Crippen molar-refractivity contribution >= 4 is 32.7 Å². The normalized spacial score (nSPS) is 12.6. The first-order valence-corrected chi connectivity index (χ1v) is 6.44. The number of hydrogen-bond donors (Lipinski definition) is 1. The molecule has 1 heterocycles. The number of carbonyl (C=O) groups excluding carboxylic acids is 1. The number of aromatic nitrogens is 1. The van der Waals surface area contributed by atoms with E-state index in [-0.39, 0.29) is 5.56 Å². The standard InChI is InChI=1S/C13H13BrN2O2/c1-2-10(13(15)18)16-11(17)7-6-8-4-3-5-9(14)12(8)16/h3-7,10H,2H2,1H3,(H2,15,18). The van der Waals surface area contributed by atoms with Crippen LogP contribution in [0.25, 0.3) is 10.9 Å². The van der Waals surface area contributed by atoms with Crippen molar-refractivity contribution in [3.05, 3.63) is 45.2 Å². The fourth-order valence-electron chi connectivity index (χ4n) is 2.09. The van der Waals surface area contributed by atoms with Gasteiger partial charge in [0.05, 0.1) is 5.52 Å². The highest BCUT2D eigenvalue weighted by Gasteiger charge is 2.19. The smallest absolute Gasteiger partial charge is 0.251 e. The summed E-state index contributed by atoms with van der Waals surface area (Å²) in [6, 6.07) is 8.19. The lowest BCUT2D eigenvalue weighted by Crippen LogP contribution is -2.33. The average Bonchev–Trinajstić information content (AvgIpc) is 2.33. The van der Waals surface area contributed by atoms with Crippen LogP contribution >= 0.6 is 15.9 Å². The Labute approximate surface area is 113 Å². The van der Waals surface area contributed by atoms with Gasteiger partial charge in [-0.25, -0.2) is 0 Å². The second-order valence-corrected chi connectivity index (χ2v) is 4.90. The highest BCUT2D eigenvalue weighted by Crippen LogP contribution is 2.25. The van der Waals surface area contributed by atoms with E-state index in [1.807, 2.05) is 25.1 Å². The molecule has 0 aliphatic rings. The molecule has 1 amide bonds. The van der Waals surface area contributed by atoms with Crippen molar-refractivity contribution in [1.29, 1.82) is 0 Å². The Hall–Kier alpha value is -1.62. The summed E-state index contributed by atoms with van der Waals surface area (Å²) in [5.41, 5.74) is 5.86. The quantitative estimate of drug-likeness (QED) is 0.944. The van der Waals surface area contributed by atoms with Crippen molar-refractivity contribution in [3.63, 3.8) is 0 Å². The van der Waals surface area contributed by atoms with Crippen molar-refractivity contribution in [1.82, 2.24) is 4.57 Å². The lowest BCUT2D eigenvalue weighted by molar-refractivity contribution is -0.121.